The molecule has 0 bridgehead atoms. The molecule has 1 aromatic heterocycles. The number of hydrogen-bond acceptors (Lipinski definition) is 5. The molecule has 8 heteroatoms. The lowest BCUT2D eigenvalue weighted by Gasteiger charge is -2.17. The van der Waals surface area contributed by atoms with E-state index in [4.69, 9.17) is 9.15 Å². The third-order valence-electron chi connectivity index (χ3n) is 5.09. The second-order valence-electron chi connectivity index (χ2n) is 6.93. The molecule has 2 aliphatic heterocycles. The largest absolute Gasteiger partial charge is 0.495 e. The zero-order chi connectivity index (χ0) is 20.4. The van der Waals surface area contributed by atoms with Gasteiger partial charge in [-0.05, 0) is 48.7 Å². The number of amides is 4. The molecule has 2 aliphatic rings. The number of imide groups is 1. The van der Waals surface area contributed by atoms with Gasteiger partial charge in [0, 0.05) is 12.6 Å². The van der Waals surface area contributed by atoms with E-state index in [1.54, 1.807) is 41.3 Å². The normalized spacial score (nSPS) is 18.6. The Morgan fingerprint density at radius 1 is 1.34 bits per heavy atom. The molecule has 3 heterocycles. The summed E-state index contributed by atoms with van der Waals surface area (Å²) in [5, 5.41) is 2.76. The van der Waals surface area contributed by atoms with Gasteiger partial charge in [0.05, 0.1) is 25.6 Å². The zero-order valence-electron chi connectivity index (χ0n) is 16.0. The Morgan fingerprint density at radius 2 is 2.21 bits per heavy atom. The molecule has 0 spiro atoms. The van der Waals surface area contributed by atoms with Crippen LogP contribution in [0.25, 0.3) is 6.08 Å². The van der Waals surface area contributed by atoms with Crippen LogP contribution in [-0.4, -0.2) is 47.3 Å². The van der Waals surface area contributed by atoms with E-state index in [1.807, 2.05) is 0 Å². The molecule has 2 fully saturated rings. The number of urea groups is 1. The van der Waals surface area contributed by atoms with Crippen LogP contribution in [0.15, 0.2) is 47.1 Å². The summed E-state index contributed by atoms with van der Waals surface area (Å²) in [5.41, 5.74) is 1.18. The van der Waals surface area contributed by atoms with Crippen LogP contribution in [0.4, 0.5) is 10.5 Å². The second kappa shape index (κ2) is 7.83. The Bertz CT molecular complexity index is 945. The summed E-state index contributed by atoms with van der Waals surface area (Å²) in [7, 11) is 1.51. The molecule has 1 N–H and O–H groups in total. The van der Waals surface area contributed by atoms with Gasteiger partial charge in [0.15, 0.2) is 0 Å². The molecular formula is C21H21N3O5. The molecule has 4 rings (SSSR count). The average Bonchev–Trinajstić information content (AvgIpc) is 3.45. The minimum atomic E-state index is -0.356. The van der Waals surface area contributed by atoms with Gasteiger partial charge < -0.3 is 19.4 Å². The van der Waals surface area contributed by atoms with Crippen molar-refractivity contribution in [2.45, 2.75) is 25.4 Å². The molecule has 4 amide bonds. The van der Waals surface area contributed by atoms with Crippen molar-refractivity contribution in [1.82, 2.24) is 9.80 Å². The van der Waals surface area contributed by atoms with E-state index in [0.29, 0.717) is 30.2 Å². The van der Waals surface area contributed by atoms with Crippen LogP contribution in [0.2, 0.25) is 0 Å². The average molecular weight is 395 g/mol. The number of ether oxygens (including phenoxy) is 1. The lowest BCUT2D eigenvalue weighted by molar-refractivity contribution is -0.128. The van der Waals surface area contributed by atoms with Gasteiger partial charge in [-0.2, -0.15) is 0 Å². The summed E-state index contributed by atoms with van der Waals surface area (Å²) >= 11 is 0. The van der Waals surface area contributed by atoms with Gasteiger partial charge in [0.25, 0.3) is 5.91 Å². The number of benzene rings is 1. The van der Waals surface area contributed by atoms with Crippen molar-refractivity contribution in [2.75, 3.05) is 19.0 Å². The molecule has 2 aromatic rings. The fourth-order valence-corrected chi connectivity index (χ4v) is 3.68. The highest BCUT2D eigenvalue weighted by molar-refractivity contribution is 6.05. The lowest BCUT2D eigenvalue weighted by atomic mass is 10.1. The second-order valence-corrected chi connectivity index (χ2v) is 6.93. The molecule has 2 saturated heterocycles. The number of methoxy groups -OCH3 is 1. The van der Waals surface area contributed by atoms with E-state index in [9.17, 15) is 14.4 Å². The highest BCUT2D eigenvalue weighted by atomic mass is 16.5. The molecular weight excluding hydrogens is 374 g/mol. The standard InChI is InChI=1S/C21H21N3O5/c1-28-18-8-6-14(13-24-20(26)17-5-2-10-23(17)21(24)27)12-16(18)22-19(25)9-7-15-4-3-11-29-15/h3-4,6-9,11-12,17H,2,5,10,13H2,1H3,(H,22,25)/b9-7+. The van der Waals surface area contributed by atoms with Gasteiger partial charge in [-0.25, -0.2) is 4.79 Å². The van der Waals surface area contributed by atoms with Crippen LogP contribution in [0.5, 0.6) is 5.75 Å². The minimum absolute atomic E-state index is 0.153. The van der Waals surface area contributed by atoms with Crippen molar-refractivity contribution in [3.05, 3.63) is 54.0 Å². The third-order valence-corrected chi connectivity index (χ3v) is 5.09. The SMILES string of the molecule is COc1ccc(CN2C(=O)C3CCCN3C2=O)cc1NC(=O)/C=C/c1ccco1. The predicted molar refractivity (Wildman–Crippen MR) is 105 cm³/mol. The number of nitrogens with zero attached hydrogens (tertiary/aromatic N) is 2. The summed E-state index contributed by atoms with van der Waals surface area (Å²) in [6.07, 6.45) is 6.01. The zero-order valence-corrected chi connectivity index (χ0v) is 16.0. The fraction of sp³-hybridized carbons (Fsp3) is 0.286. The maximum Gasteiger partial charge on any atom is 0.327 e. The molecule has 0 aliphatic carbocycles. The topological polar surface area (TPSA) is 92.1 Å². The van der Waals surface area contributed by atoms with Crippen LogP contribution in [0, 0.1) is 0 Å². The third kappa shape index (κ3) is 3.73. The highest BCUT2D eigenvalue weighted by Gasteiger charge is 2.47. The first-order valence-electron chi connectivity index (χ1n) is 9.38. The molecule has 8 nitrogen and oxygen atoms in total. The van der Waals surface area contributed by atoms with Crippen molar-refractivity contribution in [3.8, 4) is 5.75 Å². The summed E-state index contributed by atoms with van der Waals surface area (Å²) in [5.74, 6) is 0.529. The number of anilines is 1. The number of fused-ring (bicyclic) bond motifs is 1. The Labute approximate surface area is 167 Å². The van der Waals surface area contributed by atoms with E-state index in [2.05, 4.69) is 5.32 Å². The van der Waals surface area contributed by atoms with Crippen LogP contribution < -0.4 is 10.1 Å². The number of carbonyl (C=O) groups is 3. The Morgan fingerprint density at radius 3 is 2.93 bits per heavy atom. The number of furan rings is 1. The van der Waals surface area contributed by atoms with Crippen LogP contribution in [0.1, 0.15) is 24.2 Å². The number of nitrogens with one attached hydrogen (secondary N) is 1. The van der Waals surface area contributed by atoms with E-state index < -0.39 is 0 Å². The summed E-state index contributed by atoms with van der Waals surface area (Å²) in [6.45, 7) is 0.775. The molecule has 1 aromatic carbocycles. The maximum absolute atomic E-state index is 12.5. The van der Waals surface area contributed by atoms with Crippen molar-refractivity contribution in [2.24, 2.45) is 0 Å². The fourth-order valence-electron chi connectivity index (χ4n) is 3.68. The van der Waals surface area contributed by atoms with Gasteiger partial charge in [-0.3, -0.25) is 14.5 Å². The van der Waals surface area contributed by atoms with Crippen molar-refractivity contribution in [3.63, 3.8) is 0 Å². The lowest BCUT2D eigenvalue weighted by Crippen LogP contribution is -2.32. The first-order chi connectivity index (χ1) is 14.1. The molecule has 1 atom stereocenters. The van der Waals surface area contributed by atoms with Crippen LogP contribution >= 0.6 is 0 Å². The smallest absolute Gasteiger partial charge is 0.327 e. The summed E-state index contributed by atoms with van der Waals surface area (Å²) in [4.78, 5) is 40.2. The van der Waals surface area contributed by atoms with Gasteiger partial charge in [-0.15, -0.1) is 0 Å². The van der Waals surface area contributed by atoms with Gasteiger partial charge in [0.1, 0.15) is 17.6 Å². The van der Waals surface area contributed by atoms with E-state index in [0.717, 1.165) is 12.0 Å². The van der Waals surface area contributed by atoms with Crippen molar-refractivity contribution < 1.29 is 23.5 Å². The first-order valence-corrected chi connectivity index (χ1v) is 9.38. The Balaban J connectivity index is 1.49. The number of rotatable bonds is 6. The Hall–Kier alpha value is -3.55. The van der Waals surface area contributed by atoms with Crippen LogP contribution in [0.3, 0.4) is 0 Å². The quantitative estimate of drug-likeness (QED) is 0.600. The van der Waals surface area contributed by atoms with Crippen LogP contribution in [-0.2, 0) is 16.1 Å². The van der Waals surface area contributed by atoms with E-state index >= 15 is 0 Å². The van der Waals surface area contributed by atoms with Crippen molar-refractivity contribution >= 4 is 29.6 Å². The Kier molecular flexibility index (Phi) is 5.07. The molecule has 1 unspecified atom stereocenters. The monoisotopic (exact) mass is 395 g/mol. The minimum Gasteiger partial charge on any atom is -0.495 e. The van der Waals surface area contributed by atoms with E-state index in [1.165, 1.54) is 24.3 Å². The molecule has 29 heavy (non-hydrogen) atoms. The summed E-state index contributed by atoms with van der Waals surface area (Å²) in [6, 6.07) is 8.08. The maximum atomic E-state index is 12.5. The van der Waals surface area contributed by atoms with Crippen molar-refractivity contribution in [1.29, 1.82) is 0 Å². The predicted octanol–water partition coefficient (Wildman–Crippen LogP) is 2.87. The number of carbonyl (C=O) groups excluding carboxylic acids is 3. The van der Waals surface area contributed by atoms with Gasteiger partial charge in [-0.1, -0.05) is 6.07 Å². The molecule has 0 saturated carbocycles. The van der Waals surface area contributed by atoms with Gasteiger partial charge >= 0.3 is 6.03 Å². The molecule has 0 radical (unpaired) electrons. The van der Waals surface area contributed by atoms with Gasteiger partial charge in [0.2, 0.25) is 5.91 Å². The number of hydrogen-bond donors (Lipinski definition) is 1. The van der Waals surface area contributed by atoms with E-state index in [-0.39, 0.29) is 30.4 Å². The summed E-state index contributed by atoms with van der Waals surface area (Å²) < 4.78 is 10.5. The molecule has 150 valence electrons. The highest BCUT2D eigenvalue weighted by Crippen LogP contribution is 2.30. The first kappa shape index (κ1) is 18.8.